The molecule has 3 aromatic rings. The Balaban J connectivity index is 1.50. The molecule has 0 unspecified atom stereocenters. The number of carbonyl (C=O) groups is 1. The highest BCUT2D eigenvalue weighted by Crippen LogP contribution is 2.27. The van der Waals surface area contributed by atoms with E-state index in [9.17, 15) is 9.18 Å². The molecular weight excluding hydrogens is 413 g/mol. The number of rotatable bonds is 3. The van der Waals surface area contributed by atoms with Crippen molar-refractivity contribution < 1.29 is 9.18 Å². The van der Waals surface area contributed by atoms with E-state index in [-0.39, 0.29) is 16.8 Å². The minimum atomic E-state index is -0.357. The summed E-state index contributed by atoms with van der Waals surface area (Å²) >= 11 is 5.32. The number of amides is 1. The van der Waals surface area contributed by atoms with E-state index in [1.54, 1.807) is 16.8 Å². The second kappa shape index (κ2) is 8.85. The van der Waals surface area contributed by atoms with E-state index in [0.29, 0.717) is 5.69 Å². The number of hydrogen-bond acceptors (Lipinski definition) is 3. The molecule has 1 aliphatic rings. The molecule has 0 saturated heterocycles. The van der Waals surface area contributed by atoms with Crippen molar-refractivity contribution in [2.75, 3.05) is 5.32 Å². The van der Waals surface area contributed by atoms with E-state index in [1.165, 1.54) is 12.1 Å². The topological polar surface area (TPSA) is 71.0 Å². The average Bonchev–Trinajstić information content (AvgIpc) is 3.16. The van der Waals surface area contributed by atoms with Gasteiger partial charge in [0.2, 0.25) is 0 Å². The lowest BCUT2D eigenvalue weighted by Crippen LogP contribution is -2.44. The molecule has 0 atom stereocenters. The van der Waals surface area contributed by atoms with Gasteiger partial charge in [0.05, 0.1) is 5.69 Å². The molecular formula is C23H24FN5OS. The summed E-state index contributed by atoms with van der Waals surface area (Å²) in [5.74, 6) is -0.666. The summed E-state index contributed by atoms with van der Waals surface area (Å²) in [4.78, 5) is 12.9. The molecule has 0 radical (unpaired) electrons. The number of aromatic nitrogens is 2. The van der Waals surface area contributed by atoms with Crippen LogP contribution in [0.15, 0.2) is 42.5 Å². The molecule has 0 bridgehead atoms. The standard InChI is InChI=1S/C23H24FN5OS/c1-14-6-5-8-19(15(14)2)25-23(31)27-26-22(30)21-18-7-3-4-9-20(18)29(28-21)17-12-10-16(24)11-13-17/h5-6,8,10-13H,3-4,7,9H2,1-2H3,(H,26,30)(H2,25,27,31). The number of aryl methyl sites for hydroxylation is 1. The number of fused-ring (bicyclic) bond motifs is 1. The van der Waals surface area contributed by atoms with Gasteiger partial charge in [-0.2, -0.15) is 5.10 Å². The van der Waals surface area contributed by atoms with Crippen LogP contribution in [0, 0.1) is 19.7 Å². The van der Waals surface area contributed by atoms with Crippen molar-refractivity contribution in [3.63, 3.8) is 0 Å². The molecule has 0 fully saturated rings. The van der Waals surface area contributed by atoms with Gasteiger partial charge in [0.1, 0.15) is 5.82 Å². The molecule has 0 saturated carbocycles. The first kappa shape index (κ1) is 21.0. The molecule has 1 amide bonds. The van der Waals surface area contributed by atoms with Crippen molar-refractivity contribution in [1.29, 1.82) is 0 Å². The SMILES string of the molecule is Cc1cccc(NC(=S)NNC(=O)c2nn(-c3ccc(F)cc3)c3c2CCCC3)c1C. The predicted molar refractivity (Wildman–Crippen MR) is 123 cm³/mol. The van der Waals surface area contributed by atoms with Crippen LogP contribution in [-0.2, 0) is 12.8 Å². The van der Waals surface area contributed by atoms with Crippen LogP contribution in [0.5, 0.6) is 0 Å². The molecule has 8 heteroatoms. The average molecular weight is 438 g/mol. The molecule has 2 aromatic carbocycles. The normalized spacial score (nSPS) is 12.7. The first-order valence-corrected chi connectivity index (χ1v) is 10.6. The fourth-order valence-electron chi connectivity index (χ4n) is 3.79. The summed E-state index contributed by atoms with van der Waals surface area (Å²) in [5, 5.41) is 7.94. The van der Waals surface area contributed by atoms with E-state index in [0.717, 1.165) is 59.4 Å². The lowest BCUT2D eigenvalue weighted by atomic mass is 9.95. The van der Waals surface area contributed by atoms with Crippen LogP contribution in [0.25, 0.3) is 5.69 Å². The maximum atomic E-state index is 13.3. The Hall–Kier alpha value is -3.26. The molecule has 1 aromatic heterocycles. The van der Waals surface area contributed by atoms with Crippen LogP contribution in [0.2, 0.25) is 0 Å². The first-order chi connectivity index (χ1) is 14.9. The summed E-state index contributed by atoms with van der Waals surface area (Å²) in [7, 11) is 0. The number of anilines is 1. The third kappa shape index (κ3) is 4.44. The number of halogens is 1. The number of nitrogens with one attached hydrogen (secondary N) is 3. The zero-order valence-electron chi connectivity index (χ0n) is 17.5. The number of carbonyl (C=O) groups excluding carboxylic acids is 1. The third-order valence-corrected chi connectivity index (χ3v) is 5.81. The Bertz CT molecular complexity index is 1140. The number of nitrogens with zero attached hydrogens (tertiary/aromatic N) is 2. The Morgan fingerprint density at radius 3 is 2.58 bits per heavy atom. The second-order valence-electron chi connectivity index (χ2n) is 7.65. The molecule has 0 spiro atoms. The Labute approximate surface area is 185 Å². The summed E-state index contributed by atoms with van der Waals surface area (Å²) in [6, 6.07) is 12.0. The zero-order chi connectivity index (χ0) is 22.0. The van der Waals surface area contributed by atoms with Gasteiger partial charge < -0.3 is 5.32 Å². The number of hydrogen-bond donors (Lipinski definition) is 3. The number of hydrazine groups is 1. The lowest BCUT2D eigenvalue weighted by molar-refractivity contribution is 0.0937. The van der Waals surface area contributed by atoms with Gasteiger partial charge >= 0.3 is 0 Å². The second-order valence-corrected chi connectivity index (χ2v) is 8.06. The number of benzene rings is 2. The van der Waals surface area contributed by atoms with Gasteiger partial charge in [-0.15, -0.1) is 0 Å². The molecule has 1 aliphatic carbocycles. The summed E-state index contributed by atoms with van der Waals surface area (Å²) < 4.78 is 15.1. The highest BCUT2D eigenvalue weighted by Gasteiger charge is 2.25. The molecule has 3 N–H and O–H groups in total. The molecule has 0 aliphatic heterocycles. The predicted octanol–water partition coefficient (Wildman–Crippen LogP) is 4.14. The molecule has 1 heterocycles. The van der Waals surface area contributed by atoms with Crippen LogP contribution in [0.1, 0.15) is 45.7 Å². The molecule has 31 heavy (non-hydrogen) atoms. The largest absolute Gasteiger partial charge is 0.331 e. The van der Waals surface area contributed by atoms with Crippen LogP contribution in [-0.4, -0.2) is 20.8 Å². The monoisotopic (exact) mass is 437 g/mol. The van der Waals surface area contributed by atoms with Crippen LogP contribution < -0.4 is 16.2 Å². The van der Waals surface area contributed by atoms with Crippen molar-refractivity contribution in [3.8, 4) is 5.69 Å². The van der Waals surface area contributed by atoms with Gasteiger partial charge in [-0.05, 0) is 93.2 Å². The first-order valence-electron chi connectivity index (χ1n) is 10.2. The van der Waals surface area contributed by atoms with E-state index in [1.807, 2.05) is 32.0 Å². The van der Waals surface area contributed by atoms with Crippen molar-refractivity contribution in [1.82, 2.24) is 20.6 Å². The smallest absolute Gasteiger partial charge is 0.290 e. The lowest BCUT2D eigenvalue weighted by Gasteiger charge is -2.15. The highest BCUT2D eigenvalue weighted by atomic mass is 32.1. The van der Waals surface area contributed by atoms with Crippen molar-refractivity contribution >= 4 is 28.9 Å². The Kier molecular flexibility index (Phi) is 5.99. The van der Waals surface area contributed by atoms with Crippen LogP contribution >= 0.6 is 12.2 Å². The zero-order valence-corrected chi connectivity index (χ0v) is 18.3. The van der Waals surface area contributed by atoms with Gasteiger partial charge in [-0.3, -0.25) is 15.6 Å². The van der Waals surface area contributed by atoms with E-state index < -0.39 is 0 Å². The van der Waals surface area contributed by atoms with Crippen molar-refractivity contribution in [2.45, 2.75) is 39.5 Å². The molecule has 6 nitrogen and oxygen atoms in total. The minimum Gasteiger partial charge on any atom is -0.331 e. The Morgan fingerprint density at radius 1 is 1.06 bits per heavy atom. The van der Waals surface area contributed by atoms with Crippen LogP contribution in [0.3, 0.4) is 0 Å². The third-order valence-electron chi connectivity index (χ3n) is 5.61. The van der Waals surface area contributed by atoms with Gasteiger partial charge in [0, 0.05) is 16.9 Å². The maximum absolute atomic E-state index is 13.3. The molecule has 4 rings (SSSR count). The fraction of sp³-hybridized carbons (Fsp3) is 0.261. The van der Waals surface area contributed by atoms with Crippen LogP contribution in [0.4, 0.5) is 10.1 Å². The van der Waals surface area contributed by atoms with Crippen molar-refractivity contribution in [2.24, 2.45) is 0 Å². The Morgan fingerprint density at radius 2 is 1.81 bits per heavy atom. The van der Waals surface area contributed by atoms with E-state index in [2.05, 4.69) is 21.3 Å². The van der Waals surface area contributed by atoms with Gasteiger partial charge in [-0.1, -0.05) is 12.1 Å². The summed E-state index contributed by atoms with van der Waals surface area (Å²) in [6.07, 6.45) is 3.64. The van der Waals surface area contributed by atoms with Gasteiger partial charge in [0.15, 0.2) is 10.8 Å². The summed E-state index contributed by atoms with van der Waals surface area (Å²) in [5.41, 5.74) is 11.6. The minimum absolute atomic E-state index is 0.286. The van der Waals surface area contributed by atoms with Crippen molar-refractivity contribution in [3.05, 3.63) is 76.4 Å². The fourth-order valence-corrected chi connectivity index (χ4v) is 3.95. The van der Waals surface area contributed by atoms with Gasteiger partial charge in [-0.25, -0.2) is 9.07 Å². The molecule has 160 valence electrons. The maximum Gasteiger partial charge on any atom is 0.290 e. The van der Waals surface area contributed by atoms with Gasteiger partial charge in [0.25, 0.3) is 5.91 Å². The number of thiocarbonyl (C=S) groups is 1. The van der Waals surface area contributed by atoms with E-state index >= 15 is 0 Å². The van der Waals surface area contributed by atoms with E-state index in [4.69, 9.17) is 12.2 Å². The highest BCUT2D eigenvalue weighted by molar-refractivity contribution is 7.80. The quantitative estimate of drug-likeness (QED) is 0.424. The summed E-state index contributed by atoms with van der Waals surface area (Å²) in [6.45, 7) is 4.03.